The zero-order chi connectivity index (χ0) is 14.8. The first-order chi connectivity index (χ1) is 10.2. The van der Waals surface area contributed by atoms with E-state index in [1.54, 1.807) is 24.4 Å². The van der Waals surface area contributed by atoms with E-state index in [1.807, 2.05) is 0 Å². The number of likely N-dealkylation sites (tertiary alicyclic amines) is 1. The van der Waals surface area contributed by atoms with E-state index in [1.165, 1.54) is 4.40 Å². The minimum absolute atomic E-state index is 0.209. The van der Waals surface area contributed by atoms with Gasteiger partial charge in [-0.05, 0) is 44.0 Å². The predicted octanol–water partition coefficient (Wildman–Crippen LogP) is -0.193. The third-order valence-electron chi connectivity index (χ3n) is 3.96. The molecule has 1 unspecified atom stereocenters. The van der Waals surface area contributed by atoms with Crippen LogP contribution in [0.1, 0.15) is 17.6 Å². The van der Waals surface area contributed by atoms with Crippen LogP contribution in [-0.4, -0.2) is 51.2 Å². The van der Waals surface area contributed by atoms with Crippen LogP contribution in [0.25, 0.3) is 5.65 Å². The van der Waals surface area contributed by atoms with E-state index in [4.69, 9.17) is 5.73 Å². The molecule has 21 heavy (non-hydrogen) atoms. The minimum atomic E-state index is -0.414. The summed E-state index contributed by atoms with van der Waals surface area (Å²) in [6.45, 7) is 2.52. The lowest BCUT2D eigenvalue weighted by Crippen LogP contribution is -2.43. The number of rotatable bonds is 3. The number of fused-ring (bicyclic) bond motifs is 1. The zero-order valence-electron chi connectivity index (χ0n) is 11.8. The Morgan fingerprint density at radius 3 is 3.05 bits per heavy atom. The van der Waals surface area contributed by atoms with E-state index in [2.05, 4.69) is 10.00 Å². The number of carbonyl (C=O) groups excluding carboxylic acids is 1. The summed E-state index contributed by atoms with van der Waals surface area (Å²) in [5, 5.41) is 4.08. The number of aromatic nitrogens is 3. The van der Waals surface area contributed by atoms with Gasteiger partial charge in [0.2, 0.25) is 0 Å². The molecule has 3 rings (SSSR count). The molecule has 0 saturated carbocycles. The first kappa shape index (κ1) is 14.0. The lowest BCUT2D eigenvalue weighted by molar-refractivity contribution is 0.0787. The van der Waals surface area contributed by atoms with Gasteiger partial charge in [-0.3, -0.25) is 9.69 Å². The third-order valence-corrected chi connectivity index (χ3v) is 3.96. The molecule has 7 nitrogen and oxygen atoms in total. The van der Waals surface area contributed by atoms with E-state index >= 15 is 0 Å². The average Bonchev–Trinajstić information content (AvgIpc) is 2.85. The molecule has 1 aliphatic rings. The highest BCUT2D eigenvalue weighted by Gasteiger charge is 2.22. The highest BCUT2D eigenvalue weighted by atomic mass is 16.2. The Morgan fingerprint density at radius 2 is 2.29 bits per heavy atom. The van der Waals surface area contributed by atoms with Crippen LogP contribution in [0.15, 0.2) is 29.2 Å². The van der Waals surface area contributed by atoms with Crippen molar-refractivity contribution >= 4 is 11.6 Å². The molecule has 1 fully saturated rings. The summed E-state index contributed by atoms with van der Waals surface area (Å²) in [5.41, 5.74) is 5.77. The van der Waals surface area contributed by atoms with Gasteiger partial charge in [0, 0.05) is 12.7 Å². The number of hydrogen-bond acceptors (Lipinski definition) is 5. The molecule has 0 amide bonds. The Bertz CT molecular complexity index is 705. The van der Waals surface area contributed by atoms with E-state index in [0.29, 0.717) is 18.1 Å². The molecule has 112 valence electrons. The Hall–Kier alpha value is -1.99. The monoisotopic (exact) mass is 289 g/mol. The second kappa shape index (κ2) is 5.79. The van der Waals surface area contributed by atoms with Gasteiger partial charge in [-0.1, -0.05) is 6.07 Å². The molecule has 0 aliphatic carbocycles. The second-order valence-corrected chi connectivity index (χ2v) is 5.50. The molecule has 0 spiro atoms. The SMILES string of the molecule is NCC1CCCN(CC(=O)n2nc3ccccn3c2=O)C1. The van der Waals surface area contributed by atoms with E-state index in [0.717, 1.165) is 30.6 Å². The van der Waals surface area contributed by atoms with Gasteiger partial charge in [0.1, 0.15) is 0 Å². The van der Waals surface area contributed by atoms with Crippen LogP contribution in [0.3, 0.4) is 0 Å². The minimum Gasteiger partial charge on any atom is -0.330 e. The smallest absolute Gasteiger partial charge is 0.330 e. The van der Waals surface area contributed by atoms with Crippen LogP contribution in [0, 0.1) is 5.92 Å². The molecular weight excluding hydrogens is 270 g/mol. The summed E-state index contributed by atoms with van der Waals surface area (Å²) in [6, 6.07) is 5.23. The highest BCUT2D eigenvalue weighted by molar-refractivity contribution is 5.80. The number of pyridine rings is 1. The van der Waals surface area contributed by atoms with Crippen molar-refractivity contribution in [3.05, 3.63) is 34.9 Å². The van der Waals surface area contributed by atoms with E-state index in [-0.39, 0.29) is 12.5 Å². The molecule has 2 aromatic heterocycles. The molecule has 7 heteroatoms. The molecular formula is C14H19N5O2. The van der Waals surface area contributed by atoms with E-state index < -0.39 is 5.69 Å². The van der Waals surface area contributed by atoms with Crippen LogP contribution in [-0.2, 0) is 0 Å². The lowest BCUT2D eigenvalue weighted by Gasteiger charge is -2.31. The van der Waals surface area contributed by atoms with Gasteiger partial charge in [-0.2, -0.15) is 0 Å². The predicted molar refractivity (Wildman–Crippen MR) is 78.3 cm³/mol. The summed E-state index contributed by atoms with van der Waals surface area (Å²) >= 11 is 0. The maximum Gasteiger partial charge on any atom is 0.357 e. The van der Waals surface area contributed by atoms with Crippen molar-refractivity contribution in [1.29, 1.82) is 0 Å². The van der Waals surface area contributed by atoms with Gasteiger partial charge in [-0.15, -0.1) is 9.78 Å². The molecule has 2 N–H and O–H groups in total. The van der Waals surface area contributed by atoms with Gasteiger partial charge in [0.05, 0.1) is 6.54 Å². The fourth-order valence-electron chi connectivity index (χ4n) is 2.83. The van der Waals surface area contributed by atoms with Gasteiger partial charge >= 0.3 is 5.69 Å². The highest BCUT2D eigenvalue weighted by Crippen LogP contribution is 2.14. The Kier molecular flexibility index (Phi) is 3.85. The quantitative estimate of drug-likeness (QED) is 0.846. The van der Waals surface area contributed by atoms with Crippen LogP contribution < -0.4 is 11.4 Å². The second-order valence-electron chi connectivity index (χ2n) is 5.50. The summed E-state index contributed by atoms with van der Waals surface area (Å²) in [4.78, 5) is 26.5. The van der Waals surface area contributed by atoms with Crippen LogP contribution in [0.5, 0.6) is 0 Å². The summed E-state index contributed by atoms with van der Waals surface area (Å²) in [5.74, 6) is 0.144. The first-order valence-corrected chi connectivity index (χ1v) is 7.21. The van der Waals surface area contributed by atoms with Crippen LogP contribution >= 0.6 is 0 Å². The molecule has 0 radical (unpaired) electrons. The largest absolute Gasteiger partial charge is 0.357 e. The first-order valence-electron chi connectivity index (χ1n) is 7.21. The van der Waals surface area contributed by atoms with Crippen molar-refractivity contribution in [2.24, 2.45) is 11.7 Å². The van der Waals surface area contributed by atoms with Gasteiger partial charge < -0.3 is 5.73 Å². The Labute approximate surface area is 122 Å². The van der Waals surface area contributed by atoms with Gasteiger partial charge in [-0.25, -0.2) is 9.20 Å². The average molecular weight is 289 g/mol. The summed E-state index contributed by atoms with van der Waals surface area (Å²) in [7, 11) is 0. The summed E-state index contributed by atoms with van der Waals surface area (Å²) in [6.07, 6.45) is 3.75. The van der Waals surface area contributed by atoms with Gasteiger partial charge in [0.25, 0.3) is 5.91 Å². The number of hydrogen-bond donors (Lipinski definition) is 1. The normalized spacial score (nSPS) is 20.0. The maximum atomic E-state index is 12.3. The number of piperidine rings is 1. The molecule has 0 aromatic carbocycles. The van der Waals surface area contributed by atoms with Crippen LogP contribution in [0.2, 0.25) is 0 Å². The Balaban J connectivity index is 1.78. The molecule has 1 aliphatic heterocycles. The maximum absolute atomic E-state index is 12.3. The fourth-order valence-corrected chi connectivity index (χ4v) is 2.83. The van der Waals surface area contributed by atoms with Crippen molar-refractivity contribution < 1.29 is 4.79 Å². The topological polar surface area (TPSA) is 85.6 Å². The number of nitrogens with zero attached hydrogens (tertiary/aromatic N) is 4. The Morgan fingerprint density at radius 1 is 1.43 bits per heavy atom. The third kappa shape index (κ3) is 2.74. The van der Waals surface area contributed by atoms with Crippen molar-refractivity contribution in [2.45, 2.75) is 12.8 Å². The van der Waals surface area contributed by atoms with Crippen molar-refractivity contribution in [1.82, 2.24) is 19.1 Å². The zero-order valence-corrected chi connectivity index (χ0v) is 11.8. The van der Waals surface area contributed by atoms with Gasteiger partial charge in [0.15, 0.2) is 5.65 Å². The standard InChI is InChI=1S/C14H19N5O2/c15-8-11-4-3-6-17(9-11)10-13(20)19-14(21)18-7-2-1-5-12(18)16-19/h1-2,5,7,11H,3-4,6,8-10,15H2. The van der Waals surface area contributed by atoms with Crippen molar-refractivity contribution in [2.75, 3.05) is 26.2 Å². The number of nitrogens with two attached hydrogens (primary N) is 1. The van der Waals surface area contributed by atoms with E-state index in [9.17, 15) is 9.59 Å². The number of carbonyl (C=O) groups is 1. The van der Waals surface area contributed by atoms with Crippen molar-refractivity contribution in [3.63, 3.8) is 0 Å². The molecule has 1 atom stereocenters. The van der Waals surface area contributed by atoms with Crippen molar-refractivity contribution in [3.8, 4) is 0 Å². The molecule has 1 saturated heterocycles. The molecule has 3 heterocycles. The molecule has 0 bridgehead atoms. The van der Waals surface area contributed by atoms with Crippen LogP contribution in [0.4, 0.5) is 0 Å². The molecule has 2 aromatic rings. The fraction of sp³-hybridized carbons (Fsp3) is 0.500. The lowest BCUT2D eigenvalue weighted by atomic mass is 9.98. The summed E-state index contributed by atoms with van der Waals surface area (Å²) < 4.78 is 2.33.